The van der Waals surface area contributed by atoms with E-state index in [1.165, 1.54) is 29.2 Å². The van der Waals surface area contributed by atoms with E-state index >= 15 is 0 Å². The van der Waals surface area contributed by atoms with Crippen molar-refractivity contribution in [3.05, 3.63) is 75.1 Å². The summed E-state index contributed by atoms with van der Waals surface area (Å²) in [5.41, 5.74) is 2.54. The first kappa shape index (κ1) is 19.1. The maximum absolute atomic E-state index is 12.7. The number of H-pyrrole nitrogens is 1. The van der Waals surface area contributed by atoms with E-state index < -0.39 is 11.5 Å². The average molecular weight is 408 g/mol. The summed E-state index contributed by atoms with van der Waals surface area (Å²) >= 11 is 1.27. The molecule has 0 fully saturated rings. The largest absolute Gasteiger partial charge is 0.328 e. The molecule has 0 spiro atoms. The van der Waals surface area contributed by atoms with Crippen molar-refractivity contribution in [2.45, 2.75) is 25.7 Å². The molecule has 1 aliphatic rings. The van der Waals surface area contributed by atoms with Crippen molar-refractivity contribution in [2.75, 3.05) is 16.8 Å². The molecule has 2 N–H and O–H groups in total. The molecular weight excluding hydrogens is 388 g/mol. The van der Waals surface area contributed by atoms with Gasteiger partial charge in [0.1, 0.15) is 5.56 Å². The number of carbonyl (C=O) groups is 2. The van der Waals surface area contributed by atoms with Crippen LogP contribution in [0.3, 0.4) is 0 Å². The molecule has 0 saturated carbocycles. The maximum Gasteiger partial charge on any atom is 0.263 e. The Balaban J connectivity index is 1.37. The number of thiazole rings is 1. The number of pyridine rings is 1. The molecule has 2 amide bonds. The molecule has 2 aromatic heterocycles. The number of fused-ring (bicyclic) bond motifs is 1. The minimum absolute atomic E-state index is 0.0307. The number of nitrogens with one attached hydrogen (secondary N) is 2. The highest BCUT2D eigenvalue weighted by Crippen LogP contribution is 2.27. The van der Waals surface area contributed by atoms with Crippen LogP contribution in [0.25, 0.3) is 0 Å². The summed E-state index contributed by atoms with van der Waals surface area (Å²) in [4.78, 5) is 45.3. The lowest BCUT2D eigenvalue weighted by Crippen LogP contribution is -2.35. The van der Waals surface area contributed by atoms with E-state index in [-0.39, 0.29) is 11.5 Å². The Morgan fingerprint density at radius 2 is 2.07 bits per heavy atom. The Hall–Kier alpha value is -3.26. The molecule has 0 unspecified atom stereocenters. The second-order valence-electron chi connectivity index (χ2n) is 6.79. The molecular formula is C21H20N4O3S. The number of nitrogens with zero attached hydrogens (tertiary/aromatic N) is 2. The fourth-order valence-electron chi connectivity index (χ4n) is 3.41. The van der Waals surface area contributed by atoms with Gasteiger partial charge in [-0.3, -0.25) is 19.7 Å². The van der Waals surface area contributed by atoms with Crippen molar-refractivity contribution < 1.29 is 9.59 Å². The highest BCUT2D eigenvalue weighted by Gasteiger charge is 2.22. The molecule has 3 heterocycles. The van der Waals surface area contributed by atoms with Gasteiger partial charge in [-0.05, 0) is 43.0 Å². The summed E-state index contributed by atoms with van der Waals surface area (Å²) in [6.45, 7) is 0.736. The van der Waals surface area contributed by atoms with Gasteiger partial charge >= 0.3 is 0 Å². The van der Waals surface area contributed by atoms with E-state index in [4.69, 9.17) is 0 Å². The Morgan fingerprint density at radius 1 is 1.21 bits per heavy atom. The standard InChI is InChI=1S/C21H20N4O3S/c26-18(25-12-4-6-14-5-1-2-8-17(14)25)10-9-15-13-29-21(23-15)24-20(28)16-7-3-11-22-19(16)27/h1-3,5,7-8,11,13H,4,6,9-10,12H2,(H,22,27)(H,23,24,28). The molecule has 3 aromatic rings. The zero-order chi connectivity index (χ0) is 20.2. The number of para-hydroxylation sites is 1. The first-order chi connectivity index (χ1) is 14.1. The van der Waals surface area contributed by atoms with Gasteiger partial charge < -0.3 is 9.88 Å². The number of anilines is 2. The lowest BCUT2D eigenvalue weighted by atomic mass is 10.0. The third kappa shape index (κ3) is 4.27. The van der Waals surface area contributed by atoms with Crippen LogP contribution in [-0.2, 0) is 17.6 Å². The van der Waals surface area contributed by atoms with E-state index in [1.54, 1.807) is 6.07 Å². The van der Waals surface area contributed by atoms with E-state index in [1.807, 2.05) is 28.5 Å². The molecule has 1 aromatic carbocycles. The Bertz CT molecular complexity index is 1100. The molecule has 1 aliphatic heterocycles. The summed E-state index contributed by atoms with van der Waals surface area (Å²) in [7, 11) is 0. The second-order valence-corrected chi connectivity index (χ2v) is 7.65. The van der Waals surface area contributed by atoms with Crippen molar-refractivity contribution in [3.8, 4) is 0 Å². The number of amides is 2. The Kier molecular flexibility index (Phi) is 5.53. The summed E-state index contributed by atoms with van der Waals surface area (Å²) in [5, 5.41) is 4.86. The monoisotopic (exact) mass is 408 g/mol. The number of carbonyl (C=O) groups excluding carboxylic acids is 2. The lowest BCUT2D eigenvalue weighted by molar-refractivity contribution is -0.118. The fourth-order valence-corrected chi connectivity index (χ4v) is 4.15. The number of hydrogen-bond acceptors (Lipinski definition) is 5. The van der Waals surface area contributed by atoms with Crippen molar-refractivity contribution in [1.82, 2.24) is 9.97 Å². The summed E-state index contributed by atoms with van der Waals surface area (Å²) in [5.74, 6) is -0.430. The third-order valence-corrected chi connectivity index (χ3v) is 5.65. The predicted octanol–water partition coefficient (Wildman–Crippen LogP) is 3.00. The Morgan fingerprint density at radius 3 is 2.93 bits per heavy atom. The van der Waals surface area contributed by atoms with Gasteiger partial charge in [-0.25, -0.2) is 4.98 Å². The van der Waals surface area contributed by atoms with Gasteiger partial charge in [0, 0.05) is 30.2 Å². The van der Waals surface area contributed by atoms with E-state index in [0.717, 1.165) is 30.8 Å². The zero-order valence-electron chi connectivity index (χ0n) is 15.7. The van der Waals surface area contributed by atoms with E-state index in [9.17, 15) is 14.4 Å². The van der Waals surface area contributed by atoms with Gasteiger partial charge in [-0.2, -0.15) is 0 Å². The molecule has 0 saturated heterocycles. The number of aromatic amines is 1. The van der Waals surface area contributed by atoms with Crippen LogP contribution in [0, 0.1) is 0 Å². The van der Waals surface area contributed by atoms with Crippen LogP contribution in [0.4, 0.5) is 10.8 Å². The summed E-state index contributed by atoms with van der Waals surface area (Å²) in [6, 6.07) is 11.1. The molecule has 0 bridgehead atoms. The van der Waals surface area contributed by atoms with Gasteiger partial charge in [0.2, 0.25) is 5.91 Å². The molecule has 148 valence electrons. The molecule has 4 rings (SSSR count). The number of hydrogen-bond donors (Lipinski definition) is 2. The fraction of sp³-hybridized carbons (Fsp3) is 0.238. The Labute approximate surface area is 171 Å². The third-order valence-electron chi connectivity index (χ3n) is 4.84. The van der Waals surface area contributed by atoms with Gasteiger partial charge in [0.05, 0.1) is 5.69 Å². The maximum atomic E-state index is 12.7. The molecule has 0 radical (unpaired) electrons. The average Bonchev–Trinajstić information content (AvgIpc) is 3.19. The molecule has 8 heteroatoms. The molecule has 0 aliphatic carbocycles. The first-order valence-electron chi connectivity index (χ1n) is 9.43. The van der Waals surface area contributed by atoms with E-state index in [0.29, 0.717) is 18.0 Å². The van der Waals surface area contributed by atoms with Gasteiger partial charge in [0.25, 0.3) is 11.5 Å². The normalized spacial score (nSPS) is 13.0. The van der Waals surface area contributed by atoms with Crippen molar-refractivity contribution >= 4 is 34.0 Å². The summed E-state index contributed by atoms with van der Waals surface area (Å²) < 4.78 is 0. The molecule has 29 heavy (non-hydrogen) atoms. The topological polar surface area (TPSA) is 95.2 Å². The van der Waals surface area contributed by atoms with Crippen LogP contribution >= 0.6 is 11.3 Å². The summed E-state index contributed by atoms with van der Waals surface area (Å²) in [6.07, 6.45) is 4.28. The number of rotatable bonds is 5. The second kappa shape index (κ2) is 8.40. The van der Waals surface area contributed by atoms with Crippen molar-refractivity contribution in [1.29, 1.82) is 0 Å². The smallest absolute Gasteiger partial charge is 0.263 e. The number of aryl methyl sites for hydroxylation is 2. The minimum atomic E-state index is -0.506. The lowest BCUT2D eigenvalue weighted by Gasteiger charge is -2.29. The van der Waals surface area contributed by atoms with Gasteiger partial charge in [-0.15, -0.1) is 11.3 Å². The van der Waals surface area contributed by atoms with Crippen molar-refractivity contribution in [3.63, 3.8) is 0 Å². The van der Waals surface area contributed by atoms with Crippen LogP contribution in [0.15, 0.2) is 52.8 Å². The van der Waals surface area contributed by atoms with Crippen LogP contribution < -0.4 is 15.8 Å². The van der Waals surface area contributed by atoms with Crippen LogP contribution in [0.1, 0.15) is 34.5 Å². The van der Waals surface area contributed by atoms with Crippen LogP contribution in [-0.4, -0.2) is 28.3 Å². The number of aromatic nitrogens is 2. The van der Waals surface area contributed by atoms with Crippen molar-refractivity contribution in [2.24, 2.45) is 0 Å². The molecule has 7 nitrogen and oxygen atoms in total. The highest BCUT2D eigenvalue weighted by atomic mass is 32.1. The zero-order valence-corrected chi connectivity index (χ0v) is 16.5. The quantitative estimate of drug-likeness (QED) is 0.678. The van der Waals surface area contributed by atoms with Crippen LogP contribution in [0.2, 0.25) is 0 Å². The van der Waals surface area contributed by atoms with Crippen LogP contribution in [0.5, 0.6) is 0 Å². The van der Waals surface area contributed by atoms with Gasteiger partial charge in [0.15, 0.2) is 5.13 Å². The predicted molar refractivity (Wildman–Crippen MR) is 113 cm³/mol. The number of benzene rings is 1. The minimum Gasteiger partial charge on any atom is -0.328 e. The molecule has 0 atom stereocenters. The van der Waals surface area contributed by atoms with E-state index in [2.05, 4.69) is 21.4 Å². The highest BCUT2D eigenvalue weighted by molar-refractivity contribution is 7.14. The SMILES string of the molecule is O=C(Nc1nc(CCC(=O)N2CCCc3ccccc32)cs1)c1ccc[nH]c1=O. The van der Waals surface area contributed by atoms with Gasteiger partial charge in [-0.1, -0.05) is 18.2 Å². The first-order valence-corrected chi connectivity index (χ1v) is 10.3.